The van der Waals surface area contributed by atoms with Gasteiger partial charge in [0, 0.05) is 12.1 Å². The van der Waals surface area contributed by atoms with Crippen LogP contribution in [0, 0.1) is 5.92 Å². The van der Waals surface area contributed by atoms with Crippen molar-refractivity contribution in [3.63, 3.8) is 0 Å². The van der Waals surface area contributed by atoms with Gasteiger partial charge in [-0.25, -0.2) is 10.4 Å². The van der Waals surface area contributed by atoms with Crippen LogP contribution in [0.25, 0.3) is 0 Å². The van der Waals surface area contributed by atoms with Gasteiger partial charge in [0.15, 0.2) is 0 Å². The molecule has 0 saturated heterocycles. The zero-order valence-electron chi connectivity index (χ0n) is 13.9. The number of rotatable bonds is 3. The van der Waals surface area contributed by atoms with E-state index >= 15 is 0 Å². The van der Waals surface area contributed by atoms with Crippen LogP contribution in [-0.2, 0) is 9.59 Å². The second-order valence-corrected chi connectivity index (χ2v) is 6.49. The van der Waals surface area contributed by atoms with Crippen LogP contribution in [0.5, 0.6) is 0 Å². The molecule has 1 unspecified atom stereocenters. The van der Waals surface area contributed by atoms with Crippen molar-refractivity contribution in [2.24, 2.45) is 5.92 Å². The molecule has 21 heavy (non-hydrogen) atoms. The molecule has 0 aliphatic carbocycles. The van der Waals surface area contributed by atoms with E-state index < -0.39 is 0 Å². The summed E-state index contributed by atoms with van der Waals surface area (Å²) in [6.07, 6.45) is 2.65. The molecule has 2 amide bonds. The maximum atomic E-state index is 12.7. The standard InChI is InChI=1S/C15H22N4O2/c1-8(2)5-10-6-12-16-13-11(14(20)19(12)17-10)7-18(9(3)4)15(13)21/h6,8-10,16-17H,5,7H2,1-4H3/i/hD. The average molecular weight is 291 g/mol. The monoisotopic (exact) mass is 291 g/mol. The molecule has 3 rings (SSSR count). The zero-order valence-corrected chi connectivity index (χ0v) is 12.9. The molecule has 1 atom stereocenters. The number of fused-ring (bicyclic) bond motifs is 1. The second kappa shape index (κ2) is 4.87. The summed E-state index contributed by atoms with van der Waals surface area (Å²) in [6.45, 7) is 8.33. The molecule has 0 aromatic carbocycles. The third-order valence-corrected chi connectivity index (χ3v) is 3.99. The normalized spacial score (nSPS) is 26.5. The first-order valence-corrected chi connectivity index (χ1v) is 7.46. The third kappa shape index (κ3) is 2.23. The molecule has 0 radical (unpaired) electrons. The van der Waals surface area contributed by atoms with Gasteiger partial charge in [0.2, 0.25) is 0 Å². The Labute approximate surface area is 126 Å². The van der Waals surface area contributed by atoms with E-state index in [1.165, 1.54) is 10.4 Å². The van der Waals surface area contributed by atoms with E-state index in [0.29, 0.717) is 29.6 Å². The summed E-state index contributed by atoms with van der Waals surface area (Å²) < 4.78 is 8.20. The van der Waals surface area contributed by atoms with Gasteiger partial charge in [0.05, 0.1) is 12.1 Å². The van der Waals surface area contributed by atoms with Crippen LogP contribution < -0.4 is 10.7 Å². The predicted molar refractivity (Wildman–Crippen MR) is 78.3 cm³/mol. The fourth-order valence-electron chi connectivity index (χ4n) is 2.92. The molecule has 0 saturated carbocycles. The molecular weight excluding hydrogens is 268 g/mol. The van der Waals surface area contributed by atoms with E-state index in [9.17, 15) is 9.59 Å². The van der Waals surface area contributed by atoms with Gasteiger partial charge in [-0.1, -0.05) is 13.8 Å². The average Bonchev–Trinajstić information content (AvgIpc) is 2.90. The molecule has 0 bridgehead atoms. The Morgan fingerprint density at radius 1 is 1.33 bits per heavy atom. The second-order valence-electron chi connectivity index (χ2n) is 6.49. The number of carbonyl (C=O) groups excluding carboxylic acids is 2. The van der Waals surface area contributed by atoms with E-state index in [1.54, 1.807) is 4.90 Å². The van der Waals surface area contributed by atoms with E-state index in [4.69, 9.17) is 1.41 Å². The Morgan fingerprint density at radius 2 is 2.05 bits per heavy atom. The van der Waals surface area contributed by atoms with Gasteiger partial charge in [-0.2, -0.15) is 0 Å². The van der Waals surface area contributed by atoms with Crippen molar-refractivity contribution in [1.82, 2.24) is 20.6 Å². The number of amides is 2. The summed E-state index contributed by atoms with van der Waals surface area (Å²) in [5.41, 5.74) is 2.05. The Balaban J connectivity index is 1.88. The lowest BCUT2D eigenvalue weighted by Crippen LogP contribution is -2.48. The smallest absolute Gasteiger partial charge is 0.274 e. The van der Waals surface area contributed by atoms with Crippen LogP contribution in [0.1, 0.15) is 34.1 Å². The highest BCUT2D eigenvalue weighted by Gasteiger charge is 2.44. The highest BCUT2D eigenvalue weighted by molar-refractivity contribution is 6.10. The molecule has 114 valence electrons. The van der Waals surface area contributed by atoms with E-state index in [1.807, 2.05) is 19.9 Å². The van der Waals surface area contributed by atoms with Crippen LogP contribution >= 0.6 is 0 Å². The quantitative estimate of drug-likeness (QED) is 0.803. The van der Waals surface area contributed by atoms with E-state index in [2.05, 4.69) is 19.2 Å². The molecule has 3 heterocycles. The van der Waals surface area contributed by atoms with Crippen molar-refractivity contribution in [1.29, 1.82) is 0 Å². The summed E-state index contributed by atoms with van der Waals surface area (Å²) in [5, 5.41) is 4.41. The van der Waals surface area contributed by atoms with Gasteiger partial charge < -0.3 is 10.2 Å². The molecular formula is C15H22N4O2. The van der Waals surface area contributed by atoms with Gasteiger partial charge in [0.25, 0.3) is 11.8 Å². The molecule has 2 N–H and O–H groups in total. The Morgan fingerprint density at radius 3 is 2.67 bits per heavy atom. The van der Waals surface area contributed by atoms with Gasteiger partial charge >= 0.3 is 0 Å². The largest absolute Gasteiger partial charge is 0.336 e. The minimum atomic E-state index is -0.266. The molecule has 3 aliphatic rings. The Bertz CT molecular complexity index is 596. The van der Waals surface area contributed by atoms with Crippen molar-refractivity contribution in [2.45, 2.75) is 46.2 Å². The SMILES string of the molecule is [2H]N1C(CC(C)C)C=C2NC3=C(CN(C(C)C)C3=O)C(=O)N21. The molecule has 3 aliphatic heterocycles. The van der Waals surface area contributed by atoms with Gasteiger partial charge in [-0.15, -0.1) is 0 Å². The molecule has 0 spiro atoms. The van der Waals surface area contributed by atoms with Crippen LogP contribution in [0.15, 0.2) is 23.2 Å². The number of nitrogens with one attached hydrogen (secondary N) is 2. The van der Waals surface area contributed by atoms with Crippen LogP contribution in [0.4, 0.5) is 0 Å². The first-order chi connectivity index (χ1) is 10.3. The van der Waals surface area contributed by atoms with Crippen LogP contribution in [0.2, 0.25) is 1.41 Å². The summed E-state index contributed by atoms with van der Waals surface area (Å²) in [7, 11) is 0. The van der Waals surface area contributed by atoms with Crippen molar-refractivity contribution in [3.8, 4) is 0 Å². The predicted octanol–water partition coefficient (Wildman–Crippen LogP) is 0.697. The van der Waals surface area contributed by atoms with Crippen LogP contribution in [-0.4, -0.2) is 40.4 Å². The molecule has 6 nitrogen and oxygen atoms in total. The number of hydrazine groups is 1. The lowest BCUT2D eigenvalue weighted by atomic mass is 10.0. The first kappa shape index (κ1) is 12.9. The fraction of sp³-hybridized carbons (Fsp3) is 0.600. The summed E-state index contributed by atoms with van der Waals surface area (Å²) >= 11 is 0. The van der Waals surface area contributed by atoms with Crippen molar-refractivity contribution >= 4 is 11.8 Å². The van der Waals surface area contributed by atoms with Crippen LogP contribution in [0.3, 0.4) is 0 Å². The number of carbonyl (C=O) groups is 2. The number of hydrogen-bond acceptors (Lipinski definition) is 4. The van der Waals surface area contributed by atoms with E-state index in [-0.39, 0.29) is 23.9 Å². The van der Waals surface area contributed by atoms with Gasteiger partial charge in [-0.3, -0.25) is 9.59 Å². The molecule has 6 heteroatoms. The van der Waals surface area contributed by atoms with Crippen molar-refractivity contribution in [3.05, 3.63) is 23.2 Å². The lowest BCUT2D eigenvalue weighted by Gasteiger charge is -2.27. The number of nitrogens with zero attached hydrogens (tertiary/aromatic N) is 2. The van der Waals surface area contributed by atoms with E-state index in [0.717, 1.165) is 6.42 Å². The van der Waals surface area contributed by atoms with Crippen molar-refractivity contribution < 1.29 is 11.0 Å². The number of hydrogen-bond donors (Lipinski definition) is 2. The van der Waals surface area contributed by atoms with Gasteiger partial charge in [-0.05, 0) is 32.3 Å². The third-order valence-electron chi connectivity index (χ3n) is 3.99. The minimum Gasteiger partial charge on any atom is -0.336 e. The summed E-state index contributed by atoms with van der Waals surface area (Å²) in [6, 6.07) is -0.111. The fourth-order valence-corrected chi connectivity index (χ4v) is 2.92. The minimum absolute atomic E-state index is 0.0392. The highest BCUT2D eigenvalue weighted by Crippen LogP contribution is 2.29. The maximum absolute atomic E-state index is 12.7. The Hall–Kier alpha value is -1.82. The topological polar surface area (TPSA) is 64.7 Å². The van der Waals surface area contributed by atoms with Crippen molar-refractivity contribution in [2.75, 3.05) is 6.54 Å². The van der Waals surface area contributed by atoms with Gasteiger partial charge in [0.1, 0.15) is 12.9 Å². The zero-order chi connectivity index (χ0) is 16.2. The summed E-state index contributed by atoms with van der Waals surface area (Å²) in [5.74, 6) is 0.549. The summed E-state index contributed by atoms with van der Waals surface area (Å²) in [4.78, 5) is 26.8. The first-order valence-electron chi connectivity index (χ1n) is 7.91. The molecule has 0 fully saturated rings. The lowest BCUT2D eigenvalue weighted by molar-refractivity contribution is -0.129. The molecule has 0 aromatic rings. The maximum Gasteiger partial charge on any atom is 0.274 e. The highest BCUT2D eigenvalue weighted by atomic mass is 16.2. The molecule has 0 aromatic heterocycles. The Kier molecular flexibility index (Phi) is 2.99.